The Bertz CT molecular complexity index is 1420. The number of amides is 3. The Morgan fingerprint density at radius 3 is 2.42 bits per heavy atom. The monoisotopic (exact) mass is 543 g/mol. The van der Waals surface area contributed by atoms with Crippen molar-refractivity contribution in [2.24, 2.45) is 0 Å². The second kappa shape index (κ2) is 12.7. The summed E-state index contributed by atoms with van der Waals surface area (Å²) in [6.45, 7) is 1.92. The van der Waals surface area contributed by atoms with E-state index in [4.69, 9.17) is 5.73 Å². The summed E-state index contributed by atoms with van der Waals surface area (Å²) in [5.74, 6) is -0.151. The first kappa shape index (κ1) is 28.0. The van der Waals surface area contributed by atoms with Gasteiger partial charge in [0.1, 0.15) is 0 Å². The third kappa shape index (κ3) is 7.11. The maximum Gasteiger partial charge on any atom is 0.349 e. The third-order valence-electron chi connectivity index (χ3n) is 6.16. The summed E-state index contributed by atoms with van der Waals surface area (Å²) in [7, 11) is 5.47. The molecule has 12 nitrogen and oxygen atoms in total. The van der Waals surface area contributed by atoms with E-state index >= 15 is 0 Å². The number of hydrogen-bond acceptors (Lipinski definition) is 8. The van der Waals surface area contributed by atoms with E-state index in [1.807, 2.05) is 42.1 Å². The van der Waals surface area contributed by atoms with Gasteiger partial charge in [0.2, 0.25) is 17.8 Å². The number of anilines is 4. The van der Waals surface area contributed by atoms with Crippen LogP contribution in [-0.4, -0.2) is 83.2 Å². The van der Waals surface area contributed by atoms with Crippen LogP contribution in [0.5, 0.6) is 0 Å². The molecule has 0 saturated heterocycles. The molecule has 0 spiro atoms. The molecule has 0 radical (unpaired) electrons. The van der Waals surface area contributed by atoms with Crippen LogP contribution >= 0.6 is 0 Å². The molecule has 0 fully saturated rings. The van der Waals surface area contributed by atoms with Crippen LogP contribution in [0.4, 0.5) is 28.1 Å². The summed E-state index contributed by atoms with van der Waals surface area (Å²) in [5.41, 5.74) is 9.64. The molecule has 0 unspecified atom stereocenters. The summed E-state index contributed by atoms with van der Waals surface area (Å²) in [4.78, 5) is 45.0. The minimum absolute atomic E-state index is 0.00322. The van der Waals surface area contributed by atoms with Gasteiger partial charge in [-0.15, -0.1) is 9.78 Å². The predicted molar refractivity (Wildman–Crippen MR) is 155 cm³/mol. The van der Waals surface area contributed by atoms with Gasteiger partial charge in [0, 0.05) is 49.7 Å². The molecule has 3 aromatic rings. The molecule has 2 aromatic carbocycles. The number of nitrogens with one attached hydrogen (secondary N) is 3. The Balaban J connectivity index is 1.35. The van der Waals surface area contributed by atoms with Gasteiger partial charge in [0.15, 0.2) is 0 Å². The molecule has 40 heavy (non-hydrogen) atoms. The Hall–Kier alpha value is -4.97. The maximum absolute atomic E-state index is 12.8. The average molecular weight is 544 g/mol. The van der Waals surface area contributed by atoms with E-state index in [1.165, 1.54) is 0 Å². The Labute approximate surface area is 232 Å². The summed E-state index contributed by atoms with van der Waals surface area (Å²) in [6, 6.07) is 13.5. The van der Waals surface area contributed by atoms with Crippen molar-refractivity contribution < 1.29 is 14.4 Å². The normalized spacial score (nSPS) is 13.3. The minimum atomic E-state index is -0.570. The first-order chi connectivity index (χ1) is 19.2. The molecule has 5 N–H and O–H groups in total. The standard InChI is InChI=1S/C28H33N9O3/c1-30-25(39)20-10-14-22(15-11-20)31-27-33-26(29)37(34-27)28(40)32-23-12-8-19(9-13-23)21-6-4-17-36(18-21)24(38)7-5-16-35(2)3/h5-15H,4,16-18H2,1-3H3,(H,30,39)(H,32,40)(H3,29,31,33,34)/b7-5+. The molecule has 3 amide bonds. The van der Waals surface area contributed by atoms with E-state index < -0.39 is 6.03 Å². The first-order valence-corrected chi connectivity index (χ1v) is 12.8. The van der Waals surface area contributed by atoms with E-state index in [9.17, 15) is 14.4 Å². The highest BCUT2D eigenvalue weighted by Gasteiger charge is 2.18. The van der Waals surface area contributed by atoms with Crippen molar-refractivity contribution in [2.45, 2.75) is 6.42 Å². The Morgan fingerprint density at radius 2 is 1.75 bits per heavy atom. The van der Waals surface area contributed by atoms with Crippen LogP contribution < -0.4 is 21.7 Å². The van der Waals surface area contributed by atoms with Gasteiger partial charge in [-0.1, -0.05) is 24.3 Å². The number of aromatic nitrogens is 3. The summed E-state index contributed by atoms with van der Waals surface area (Å²) in [6.07, 6.45) is 6.41. The van der Waals surface area contributed by atoms with Gasteiger partial charge in [-0.25, -0.2) is 4.79 Å². The quantitative estimate of drug-likeness (QED) is 0.317. The topological polar surface area (TPSA) is 151 Å². The lowest BCUT2D eigenvalue weighted by atomic mass is 10.0. The largest absolute Gasteiger partial charge is 0.368 e. The zero-order chi connectivity index (χ0) is 28.6. The number of nitrogens with zero attached hydrogens (tertiary/aromatic N) is 5. The van der Waals surface area contributed by atoms with E-state index in [-0.39, 0.29) is 23.7 Å². The van der Waals surface area contributed by atoms with Gasteiger partial charge in [-0.3, -0.25) is 9.59 Å². The zero-order valence-corrected chi connectivity index (χ0v) is 22.7. The van der Waals surface area contributed by atoms with E-state index in [1.54, 1.807) is 49.5 Å². The van der Waals surface area contributed by atoms with Crippen molar-refractivity contribution in [3.63, 3.8) is 0 Å². The van der Waals surface area contributed by atoms with E-state index in [0.717, 1.165) is 22.2 Å². The third-order valence-corrected chi connectivity index (χ3v) is 6.16. The molecule has 1 aromatic heterocycles. The molecule has 1 aliphatic rings. The second-order valence-electron chi connectivity index (χ2n) is 9.44. The molecule has 4 rings (SSSR count). The number of carbonyl (C=O) groups is 3. The van der Waals surface area contributed by atoms with Crippen molar-refractivity contribution in [1.82, 2.24) is 29.9 Å². The Morgan fingerprint density at radius 1 is 1.05 bits per heavy atom. The van der Waals surface area contributed by atoms with Crippen molar-refractivity contribution >= 4 is 46.7 Å². The summed E-state index contributed by atoms with van der Waals surface area (Å²) in [5, 5.41) is 12.4. The predicted octanol–water partition coefficient (Wildman–Crippen LogP) is 2.78. The smallest absolute Gasteiger partial charge is 0.349 e. The van der Waals surface area contributed by atoms with Gasteiger partial charge in [0.25, 0.3) is 5.91 Å². The van der Waals surface area contributed by atoms with Crippen molar-refractivity contribution in [2.75, 3.05) is 57.1 Å². The van der Waals surface area contributed by atoms with Gasteiger partial charge in [-0.2, -0.15) is 4.98 Å². The zero-order valence-electron chi connectivity index (χ0n) is 22.7. The average Bonchev–Trinajstić information content (AvgIpc) is 3.33. The fourth-order valence-corrected chi connectivity index (χ4v) is 4.06. The Kier molecular flexibility index (Phi) is 8.92. The molecule has 0 bridgehead atoms. The molecular weight excluding hydrogens is 510 g/mol. The number of nitrogen functional groups attached to an aromatic ring is 1. The molecular formula is C28H33N9O3. The fraction of sp³-hybridized carbons (Fsp3) is 0.250. The van der Waals surface area contributed by atoms with Crippen molar-refractivity contribution in [3.8, 4) is 0 Å². The highest BCUT2D eigenvalue weighted by molar-refractivity contribution is 5.94. The molecule has 0 saturated carbocycles. The van der Waals surface area contributed by atoms with Crippen LogP contribution in [0.1, 0.15) is 22.3 Å². The number of carbonyl (C=O) groups excluding carboxylic acids is 3. The van der Waals surface area contributed by atoms with Gasteiger partial charge >= 0.3 is 6.03 Å². The molecule has 0 aliphatic carbocycles. The van der Waals surface area contributed by atoms with Crippen LogP contribution in [0, 0.1) is 0 Å². The molecule has 0 atom stereocenters. The van der Waals surface area contributed by atoms with Crippen LogP contribution in [0.2, 0.25) is 0 Å². The summed E-state index contributed by atoms with van der Waals surface area (Å²) >= 11 is 0. The lowest BCUT2D eigenvalue weighted by Gasteiger charge is -2.27. The first-order valence-electron chi connectivity index (χ1n) is 12.8. The molecule has 2 heterocycles. The highest BCUT2D eigenvalue weighted by atomic mass is 16.2. The maximum atomic E-state index is 12.8. The number of nitrogens with two attached hydrogens (primary N) is 1. The number of rotatable bonds is 8. The van der Waals surface area contributed by atoms with Crippen LogP contribution in [0.25, 0.3) is 5.57 Å². The van der Waals surface area contributed by atoms with Gasteiger partial charge in [0.05, 0.1) is 0 Å². The molecule has 12 heteroatoms. The van der Waals surface area contributed by atoms with Crippen LogP contribution in [-0.2, 0) is 4.79 Å². The van der Waals surface area contributed by atoms with Crippen molar-refractivity contribution in [1.29, 1.82) is 0 Å². The fourth-order valence-electron chi connectivity index (χ4n) is 4.06. The van der Waals surface area contributed by atoms with Crippen molar-refractivity contribution in [3.05, 3.63) is 77.9 Å². The number of hydrogen-bond donors (Lipinski definition) is 4. The van der Waals surface area contributed by atoms with E-state index in [2.05, 4.69) is 32.1 Å². The van der Waals surface area contributed by atoms with Crippen LogP contribution in [0.3, 0.4) is 0 Å². The summed E-state index contributed by atoms with van der Waals surface area (Å²) < 4.78 is 0.964. The van der Waals surface area contributed by atoms with Gasteiger partial charge < -0.3 is 31.5 Å². The highest BCUT2D eigenvalue weighted by Crippen LogP contribution is 2.23. The minimum Gasteiger partial charge on any atom is -0.368 e. The van der Waals surface area contributed by atoms with Crippen LogP contribution in [0.15, 0.2) is 66.8 Å². The molecule has 1 aliphatic heterocycles. The molecule has 208 valence electrons. The lowest BCUT2D eigenvalue weighted by molar-refractivity contribution is -0.125. The van der Waals surface area contributed by atoms with Gasteiger partial charge in [-0.05, 0) is 68.1 Å². The number of likely N-dealkylation sites (N-methyl/N-ethyl adjacent to an activating group) is 1. The number of benzene rings is 2. The van der Waals surface area contributed by atoms with E-state index in [0.29, 0.717) is 36.6 Å². The lowest BCUT2D eigenvalue weighted by Crippen LogP contribution is -2.34. The second-order valence-corrected chi connectivity index (χ2v) is 9.44. The SMILES string of the molecule is CNC(=O)c1ccc(Nc2nc(N)n(C(=O)Nc3ccc(C4=CCCN(C(=O)/C=C/CN(C)C)C4)cc3)n2)cc1.